The van der Waals surface area contributed by atoms with Crippen LogP contribution in [-0.2, 0) is 13.0 Å². The monoisotopic (exact) mass is 434 g/mol. The van der Waals surface area contributed by atoms with Crippen LogP contribution in [-0.4, -0.2) is 39.6 Å². The van der Waals surface area contributed by atoms with Crippen LogP contribution < -0.4 is 16.4 Å². The molecule has 31 heavy (non-hydrogen) atoms. The molecule has 0 saturated heterocycles. The SMILES string of the molecule is CN1CCc2cc(Nc3nnc(C(N)=O)c(Nc4ccccc4C#N)n3)c(Cl)cc2C1. The molecule has 1 amide bonds. The Kier molecular flexibility index (Phi) is 5.66. The van der Waals surface area contributed by atoms with Crippen LogP contribution in [0.3, 0.4) is 0 Å². The summed E-state index contributed by atoms with van der Waals surface area (Å²) in [6.45, 7) is 1.80. The van der Waals surface area contributed by atoms with E-state index in [1.165, 1.54) is 11.1 Å². The third-order valence-corrected chi connectivity index (χ3v) is 5.27. The lowest BCUT2D eigenvalue weighted by Gasteiger charge is -2.26. The molecule has 0 saturated carbocycles. The van der Waals surface area contributed by atoms with Gasteiger partial charge in [0.05, 0.1) is 22.0 Å². The fourth-order valence-electron chi connectivity index (χ4n) is 3.39. The molecule has 0 spiro atoms. The Morgan fingerprint density at radius 1 is 1.19 bits per heavy atom. The molecule has 0 unspecified atom stereocenters. The van der Waals surface area contributed by atoms with Crippen molar-refractivity contribution in [1.29, 1.82) is 5.26 Å². The Bertz CT molecular complexity index is 1210. The highest BCUT2D eigenvalue weighted by atomic mass is 35.5. The van der Waals surface area contributed by atoms with E-state index in [9.17, 15) is 10.1 Å². The van der Waals surface area contributed by atoms with E-state index in [1.807, 2.05) is 12.1 Å². The number of rotatable bonds is 5. The summed E-state index contributed by atoms with van der Waals surface area (Å²) in [5.74, 6) is -0.570. The number of carbonyl (C=O) groups excluding carboxylic acids is 1. The maximum absolute atomic E-state index is 11.8. The molecule has 0 atom stereocenters. The van der Waals surface area contributed by atoms with Crippen LogP contribution in [0, 0.1) is 11.3 Å². The Hall–Kier alpha value is -3.74. The van der Waals surface area contributed by atoms with Gasteiger partial charge < -0.3 is 21.3 Å². The zero-order valence-electron chi connectivity index (χ0n) is 16.7. The average Bonchev–Trinajstić information content (AvgIpc) is 2.75. The van der Waals surface area contributed by atoms with E-state index in [1.54, 1.807) is 24.3 Å². The number of carbonyl (C=O) groups is 1. The normalized spacial score (nSPS) is 13.2. The van der Waals surface area contributed by atoms with Gasteiger partial charge in [-0.1, -0.05) is 23.7 Å². The first-order valence-electron chi connectivity index (χ1n) is 9.52. The molecule has 156 valence electrons. The number of aromatic nitrogens is 3. The van der Waals surface area contributed by atoms with Gasteiger partial charge in [-0.3, -0.25) is 4.79 Å². The quantitative estimate of drug-likeness (QED) is 0.558. The molecule has 0 fully saturated rings. The van der Waals surface area contributed by atoms with Crippen LogP contribution in [0.25, 0.3) is 0 Å². The maximum Gasteiger partial charge on any atom is 0.273 e. The Morgan fingerprint density at radius 2 is 2.00 bits per heavy atom. The largest absolute Gasteiger partial charge is 0.364 e. The number of likely N-dealkylation sites (N-methyl/N-ethyl adjacent to an activating group) is 1. The maximum atomic E-state index is 11.8. The molecule has 2 aromatic carbocycles. The number of hydrogen-bond donors (Lipinski definition) is 3. The van der Waals surface area contributed by atoms with Crippen LogP contribution in [0.1, 0.15) is 27.2 Å². The van der Waals surface area contributed by atoms with Gasteiger partial charge in [0.25, 0.3) is 5.91 Å². The molecule has 3 aromatic rings. The number of hydrogen-bond acceptors (Lipinski definition) is 8. The summed E-state index contributed by atoms with van der Waals surface area (Å²) in [7, 11) is 2.07. The Labute approximate surface area is 183 Å². The molecule has 1 aromatic heterocycles. The minimum Gasteiger partial charge on any atom is -0.364 e. The van der Waals surface area contributed by atoms with Gasteiger partial charge in [0, 0.05) is 13.1 Å². The van der Waals surface area contributed by atoms with E-state index < -0.39 is 5.91 Å². The molecule has 0 radical (unpaired) electrons. The van der Waals surface area contributed by atoms with Crippen molar-refractivity contribution in [2.24, 2.45) is 5.73 Å². The summed E-state index contributed by atoms with van der Waals surface area (Å²) in [5, 5.41) is 23.7. The highest BCUT2D eigenvalue weighted by molar-refractivity contribution is 6.33. The number of fused-ring (bicyclic) bond motifs is 1. The number of nitrogens with zero attached hydrogens (tertiary/aromatic N) is 5. The van der Waals surface area contributed by atoms with Gasteiger partial charge in [-0.05, 0) is 48.9 Å². The van der Waals surface area contributed by atoms with Gasteiger partial charge in [-0.25, -0.2) is 0 Å². The van der Waals surface area contributed by atoms with Crippen LogP contribution >= 0.6 is 11.6 Å². The second-order valence-electron chi connectivity index (χ2n) is 7.19. The van der Waals surface area contributed by atoms with Gasteiger partial charge in [-0.15, -0.1) is 10.2 Å². The van der Waals surface area contributed by atoms with Gasteiger partial charge in [0.1, 0.15) is 6.07 Å². The van der Waals surface area contributed by atoms with Gasteiger partial charge in [0.2, 0.25) is 5.95 Å². The topological polar surface area (TPSA) is 133 Å². The van der Waals surface area contributed by atoms with Crippen LogP contribution in [0.15, 0.2) is 36.4 Å². The predicted molar refractivity (Wildman–Crippen MR) is 118 cm³/mol. The van der Waals surface area contributed by atoms with Crippen molar-refractivity contribution in [3.8, 4) is 6.07 Å². The minimum atomic E-state index is -0.792. The highest BCUT2D eigenvalue weighted by Gasteiger charge is 2.19. The first-order chi connectivity index (χ1) is 14.9. The zero-order chi connectivity index (χ0) is 22.0. The Morgan fingerprint density at radius 3 is 2.77 bits per heavy atom. The molecule has 4 rings (SSSR count). The lowest BCUT2D eigenvalue weighted by Crippen LogP contribution is -2.26. The van der Waals surface area contributed by atoms with Crippen molar-refractivity contribution in [2.45, 2.75) is 13.0 Å². The van der Waals surface area contributed by atoms with E-state index in [4.69, 9.17) is 17.3 Å². The number of nitriles is 1. The lowest BCUT2D eigenvalue weighted by atomic mass is 9.99. The lowest BCUT2D eigenvalue weighted by molar-refractivity contribution is 0.0995. The number of amides is 1. The first kappa shape index (κ1) is 20.5. The molecule has 0 bridgehead atoms. The van der Waals surface area contributed by atoms with Crippen molar-refractivity contribution < 1.29 is 4.79 Å². The van der Waals surface area contributed by atoms with Gasteiger partial charge in [0.15, 0.2) is 11.5 Å². The number of benzene rings is 2. The van der Waals surface area contributed by atoms with Crippen molar-refractivity contribution in [3.05, 3.63) is 63.8 Å². The summed E-state index contributed by atoms with van der Waals surface area (Å²) in [4.78, 5) is 18.4. The summed E-state index contributed by atoms with van der Waals surface area (Å²) in [6.07, 6.45) is 0.912. The Balaban J connectivity index is 1.67. The molecule has 9 nitrogen and oxygen atoms in total. The molecule has 0 aliphatic carbocycles. The molecule has 2 heterocycles. The number of para-hydroxylation sites is 1. The molecular weight excluding hydrogens is 416 g/mol. The van der Waals surface area contributed by atoms with Crippen molar-refractivity contribution in [1.82, 2.24) is 20.1 Å². The van der Waals surface area contributed by atoms with E-state index in [0.29, 0.717) is 22.0 Å². The highest BCUT2D eigenvalue weighted by Crippen LogP contribution is 2.31. The van der Waals surface area contributed by atoms with Gasteiger partial charge in [-0.2, -0.15) is 10.2 Å². The van der Waals surface area contributed by atoms with E-state index >= 15 is 0 Å². The molecule has 4 N–H and O–H groups in total. The molecule has 1 aliphatic rings. The second-order valence-corrected chi connectivity index (χ2v) is 7.60. The smallest absolute Gasteiger partial charge is 0.273 e. The number of nitrogens with two attached hydrogens (primary N) is 1. The van der Waals surface area contributed by atoms with Crippen LogP contribution in [0.2, 0.25) is 5.02 Å². The van der Waals surface area contributed by atoms with Crippen LogP contribution in [0.5, 0.6) is 0 Å². The summed E-state index contributed by atoms with van der Waals surface area (Å²) >= 11 is 6.47. The van der Waals surface area contributed by atoms with Crippen molar-refractivity contribution >= 4 is 40.6 Å². The van der Waals surface area contributed by atoms with Gasteiger partial charge >= 0.3 is 0 Å². The van der Waals surface area contributed by atoms with Crippen molar-refractivity contribution in [3.63, 3.8) is 0 Å². The first-order valence-corrected chi connectivity index (χ1v) is 9.90. The van der Waals surface area contributed by atoms with E-state index in [0.717, 1.165) is 19.5 Å². The van der Waals surface area contributed by atoms with E-state index in [-0.39, 0.29) is 17.5 Å². The summed E-state index contributed by atoms with van der Waals surface area (Å²) < 4.78 is 0. The average molecular weight is 435 g/mol. The zero-order valence-corrected chi connectivity index (χ0v) is 17.4. The fraction of sp³-hybridized carbons (Fsp3) is 0.190. The third kappa shape index (κ3) is 4.40. The fourth-order valence-corrected chi connectivity index (χ4v) is 3.62. The number of halogens is 1. The predicted octanol–water partition coefficient (Wildman–Crippen LogP) is 2.97. The number of anilines is 4. The molecule has 1 aliphatic heterocycles. The number of primary amides is 1. The van der Waals surface area contributed by atoms with Crippen LogP contribution in [0.4, 0.5) is 23.1 Å². The second kappa shape index (κ2) is 8.55. The minimum absolute atomic E-state index is 0.0865. The molecule has 10 heteroatoms. The van der Waals surface area contributed by atoms with Crippen molar-refractivity contribution in [2.75, 3.05) is 24.2 Å². The standard InChI is InChI=1S/C21H19ClN8O/c1-30-7-6-12-9-17(15(22)8-14(12)11-30)26-21-27-20(18(19(24)31)28-29-21)25-16-5-3-2-4-13(16)10-23/h2-5,8-9H,6-7,11H2,1H3,(H2,24,31)(H2,25,26,27,29). The summed E-state index contributed by atoms with van der Waals surface area (Å²) in [5.41, 5.74) is 9.16. The number of nitrogens with one attached hydrogen (secondary N) is 2. The molecular formula is C21H19ClN8O. The summed E-state index contributed by atoms with van der Waals surface area (Å²) in [6, 6.07) is 12.8. The third-order valence-electron chi connectivity index (χ3n) is 4.96. The van der Waals surface area contributed by atoms with E-state index in [2.05, 4.69) is 43.8 Å².